The Morgan fingerprint density at radius 3 is 1.56 bits per heavy atom. The van der Waals surface area contributed by atoms with Gasteiger partial charge in [0.15, 0.2) is 0 Å². The molecule has 0 fully saturated rings. The predicted molar refractivity (Wildman–Crippen MR) is 230 cm³/mol. The van der Waals surface area contributed by atoms with Crippen LogP contribution >= 0.6 is 0 Å². The molecule has 0 N–H and O–H groups in total. The molecular weight excluding hydrogens is 669 g/mol. The van der Waals surface area contributed by atoms with Crippen molar-refractivity contribution < 1.29 is 4.42 Å². The second kappa shape index (κ2) is 10.6. The van der Waals surface area contributed by atoms with Crippen LogP contribution in [0.1, 0.15) is 0 Å². The van der Waals surface area contributed by atoms with E-state index in [4.69, 9.17) is 4.42 Å². The van der Waals surface area contributed by atoms with Crippen LogP contribution < -0.4 is 0 Å². The molecule has 1 aliphatic carbocycles. The highest BCUT2D eigenvalue weighted by atomic mass is 16.3. The lowest BCUT2D eigenvalue weighted by atomic mass is 9.92. The summed E-state index contributed by atoms with van der Waals surface area (Å²) < 4.78 is 11.3. The molecule has 9 aromatic carbocycles. The van der Waals surface area contributed by atoms with E-state index in [-0.39, 0.29) is 0 Å². The van der Waals surface area contributed by atoms with Gasteiger partial charge in [-0.15, -0.1) is 0 Å². The van der Waals surface area contributed by atoms with Gasteiger partial charge in [-0.1, -0.05) is 115 Å². The van der Waals surface area contributed by atoms with Crippen LogP contribution in [0.5, 0.6) is 0 Å². The number of furan rings is 1. The van der Waals surface area contributed by atoms with Gasteiger partial charge < -0.3 is 13.6 Å². The summed E-state index contributed by atoms with van der Waals surface area (Å²) >= 11 is 0. The van der Waals surface area contributed by atoms with Crippen molar-refractivity contribution in [2.45, 2.75) is 0 Å². The lowest BCUT2D eigenvalue weighted by Crippen LogP contribution is -1.95. The van der Waals surface area contributed by atoms with Crippen LogP contribution in [0.15, 0.2) is 186 Å². The number of fused-ring (bicyclic) bond motifs is 9. The first-order valence-corrected chi connectivity index (χ1v) is 18.9. The minimum absolute atomic E-state index is 0.921. The molecule has 3 nitrogen and oxygen atoms in total. The lowest BCUT2D eigenvalue weighted by Gasteiger charge is -2.14. The first-order valence-electron chi connectivity index (χ1n) is 18.9. The number of rotatable bonds is 3. The highest BCUT2D eigenvalue weighted by molar-refractivity contribution is 6.31. The van der Waals surface area contributed by atoms with Gasteiger partial charge in [0.1, 0.15) is 11.2 Å². The second-order valence-electron chi connectivity index (χ2n) is 14.9. The molecule has 0 spiro atoms. The summed E-state index contributed by atoms with van der Waals surface area (Å²) in [5, 5.41) is 10.0. The molecule has 1 aliphatic rings. The Balaban J connectivity index is 0.968. The first kappa shape index (κ1) is 29.1. The van der Waals surface area contributed by atoms with E-state index < -0.39 is 0 Å². The van der Waals surface area contributed by atoms with Gasteiger partial charge in [0.05, 0.1) is 22.1 Å². The monoisotopic (exact) mass is 698 g/mol. The number of benzene rings is 9. The van der Waals surface area contributed by atoms with Crippen LogP contribution in [-0.2, 0) is 0 Å². The summed E-state index contributed by atoms with van der Waals surface area (Å²) in [4.78, 5) is 0. The minimum Gasteiger partial charge on any atom is -0.456 e. The molecule has 12 aromatic rings. The SMILES string of the molecule is c1cc2c3c(c1)ccc1c3c3c(cccc3n1-c1ccc(-c3ccc(-n4c5ccccc5c5ccccc54)cc3)cc1)-c1cc3oc4ccccc4c3cc1-2. The van der Waals surface area contributed by atoms with Gasteiger partial charge in [-0.3, -0.25) is 0 Å². The Morgan fingerprint density at radius 2 is 0.855 bits per heavy atom. The van der Waals surface area contributed by atoms with E-state index in [1.54, 1.807) is 0 Å². The molecule has 3 aromatic heterocycles. The number of hydrogen-bond donors (Lipinski definition) is 0. The molecule has 55 heavy (non-hydrogen) atoms. The van der Waals surface area contributed by atoms with Crippen LogP contribution in [-0.4, -0.2) is 9.13 Å². The molecule has 0 atom stereocenters. The van der Waals surface area contributed by atoms with E-state index in [1.165, 1.54) is 87.8 Å². The molecule has 0 radical (unpaired) electrons. The van der Waals surface area contributed by atoms with Crippen molar-refractivity contribution in [2.75, 3.05) is 0 Å². The van der Waals surface area contributed by atoms with Gasteiger partial charge in [-0.2, -0.15) is 0 Å². The van der Waals surface area contributed by atoms with Gasteiger partial charge >= 0.3 is 0 Å². The summed E-state index contributed by atoms with van der Waals surface area (Å²) in [7, 11) is 0. The Morgan fingerprint density at radius 1 is 0.309 bits per heavy atom. The zero-order valence-corrected chi connectivity index (χ0v) is 29.6. The second-order valence-corrected chi connectivity index (χ2v) is 14.9. The molecule has 254 valence electrons. The smallest absolute Gasteiger partial charge is 0.136 e. The van der Waals surface area contributed by atoms with Crippen LogP contribution in [0.3, 0.4) is 0 Å². The normalized spacial score (nSPS) is 12.4. The molecule has 0 unspecified atom stereocenters. The van der Waals surface area contributed by atoms with Crippen LogP contribution in [0.25, 0.3) is 121 Å². The number of nitrogens with zero attached hydrogens (tertiary/aromatic N) is 2. The van der Waals surface area contributed by atoms with E-state index in [0.29, 0.717) is 0 Å². The third-order valence-corrected chi connectivity index (χ3v) is 12.1. The third kappa shape index (κ3) is 3.89. The number of para-hydroxylation sites is 3. The van der Waals surface area contributed by atoms with E-state index in [1.807, 2.05) is 6.07 Å². The molecule has 0 saturated carbocycles. The standard InChI is InChI=1S/C52H30N2O/c1-4-15-44-36(10-1)37-11-2-5-16-45(37)53(44)34-24-19-31(20-25-34)32-21-26-35(27-22-32)54-46-17-8-14-40-42-30-49-43(38-12-3-6-18-48(38)55-49)29-41(42)39-13-7-9-33-23-28-47(54)52(50(33)39)51(40)46/h1-30H. The fourth-order valence-corrected chi connectivity index (χ4v) is 9.68. The Bertz CT molecular complexity index is 3520. The van der Waals surface area contributed by atoms with Crippen LogP contribution in [0.2, 0.25) is 0 Å². The Kier molecular flexibility index (Phi) is 5.63. The van der Waals surface area contributed by atoms with Crippen molar-refractivity contribution in [1.82, 2.24) is 9.13 Å². The van der Waals surface area contributed by atoms with Crippen molar-refractivity contribution >= 4 is 76.3 Å². The van der Waals surface area contributed by atoms with E-state index in [9.17, 15) is 0 Å². The lowest BCUT2D eigenvalue weighted by molar-refractivity contribution is 0.669. The quantitative estimate of drug-likeness (QED) is 0.180. The Labute approximate surface area is 315 Å². The van der Waals surface area contributed by atoms with Crippen LogP contribution in [0, 0.1) is 0 Å². The summed E-state index contributed by atoms with van der Waals surface area (Å²) in [6, 6.07) is 66.5. The topological polar surface area (TPSA) is 23.0 Å². The maximum absolute atomic E-state index is 6.45. The summed E-state index contributed by atoms with van der Waals surface area (Å²) in [6.45, 7) is 0. The fourth-order valence-electron chi connectivity index (χ4n) is 9.68. The zero-order chi connectivity index (χ0) is 35.8. The van der Waals surface area contributed by atoms with Crippen molar-refractivity contribution in [3.8, 4) is 44.8 Å². The highest BCUT2D eigenvalue weighted by Gasteiger charge is 2.26. The van der Waals surface area contributed by atoms with Gasteiger partial charge in [0.2, 0.25) is 0 Å². The van der Waals surface area contributed by atoms with E-state index in [0.717, 1.165) is 33.3 Å². The molecule has 3 heterocycles. The summed E-state index contributed by atoms with van der Waals surface area (Å²) in [5.41, 5.74) is 16.4. The molecule has 0 aliphatic heterocycles. The zero-order valence-electron chi connectivity index (χ0n) is 29.6. The highest BCUT2D eigenvalue weighted by Crippen LogP contribution is 2.51. The van der Waals surface area contributed by atoms with Crippen molar-refractivity contribution in [1.29, 1.82) is 0 Å². The predicted octanol–water partition coefficient (Wildman–Crippen LogP) is 14.2. The third-order valence-electron chi connectivity index (χ3n) is 12.1. The molecule has 0 amide bonds. The summed E-state index contributed by atoms with van der Waals surface area (Å²) in [6.07, 6.45) is 0. The maximum atomic E-state index is 6.45. The largest absolute Gasteiger partial charge is 0.456 e. The van der Waals surface area contributed by atoms with Gasteiger partial charge in [0.25, 0.3) is 0 Å². The van der Waals surface area contributed by atoms with Crippen molar-refractivity contribution in [3.05, 3.63) is 182 Å². The molecule has 0 saturated heterocycles. The van der Waals surface area contributed by atoms with E-state index >= 15 is 0 Å². The van der Waals surface area contributed by atoms with Gasteiger partial charge in [0, 0.05) is 43.7 Å². The van der Waals surface area contributed by atoms with Crippen molar-refractivity contribution in [3.63, 3.8) is 0 Å². The maximum Gasteiger partial charge on any atom is 0.136 e. The number of hydrogen-bond acceptors (Lipinski definition) is 1. The molecule has 0 bridgehead atoms. The average molecular weight is 699 g/mol. The Hall–Kier alpha value is -7.36. The average Bonchev–Trinajstić information content (AvgIpc) is 3.88. The van der Waals surface area contributed by atoms with Gasteiger partial charge in [-0.05, 0) is 111 Å². The van der Waals surface area contributed by atoms with E-state index in [2.05, 4.69) is 185 Å². The molecule has 3 heteroatoms. The first-order chi connectivity index (χ1) is 27.3. The van der Waals surface area contributed by atoms with Gasteiger partial charge in [-0.25, -0.2) is 0 Å². The fraction of sp³-hybridized carbons (Fsp3) is 0. The van der Waals surface area contributed by atoms with Crippen LogP contribution in [0.4, 0.5) is 0 Å². The number of aromatic nitrogens is 2. The van der Waals surface area contributed by atoms with Crippen molar-refractivity contribution in [2.24, 2.45) is 0 Å². The minimum atomic E-state index is 0.921. The summed E-state index contributed by atoms with van der Waals surface area (Å²) in [5.74, 6) is 0. The molecule has 13 rings (SSSR count). The molecular formula is C52H30N2O.